The Morgan fingerprint density at radius 1 is 1.48 bits per heavy atom. The van der Waals surface area contributed by atoms with Crippen LogP contribution in [0, 0.1) is 5.92 Å². The molecule has 3 heterocycles. The van der Waals surface area contributed by atoms with E-state index in [4.69, 9.17) is 10.3 Å². The first-order chi connectivity index (χ1) is 9.93. The predicted molar refractivity (Wildman–Crippen MR) is 77.1 cm³/mol. The fraction of sp³-hybridized carbons (Fsp3) is 0.538. The minimum atomic E-state index is -3.58. The van der Waals surface area contributed by atoms with Crippen LogP contribution in [0.1, 0.15) is 19.5 Å². The number of aryl methyl sites for hydroxylation is 1. The molecule has 0 saturated carbocycles. The molecule has 8 heteroatoms. The maximum atomic E-state index is 12.7. The third kappa shape index (κ3) is 2.33. The van der Waals surface area contributed by atoms with Crippen LogP contribution in [0.3, 0.4) is 0 Å². The van der Waals surface area contributed by atoms with E-state index >= 15 is 0 Å². The van der Waals surface area contributed by atoms with Crippen molar-refractivity contribution in [1.82, 2.24) is 14.4 Å². The molecule has 2 N–H and O–H groups in total. The Morgan fingerprint density at radius 3 is 2.86 bits per heavy atom. The number of pyridine rings is 1. The third-order valence-electron chi connectivity index (χ3n) is 3.99. The van der Waals surface area contributed by atoms with Gasteiger partial charge >= 0.3 is 0 Å². The zero-order valence-corrected chi connectivity index (χ0v) is 12.8. The molecule has 21 heavy (non-hydrogen) atoms. The Balaban J connectivity index is 2.03. The van der Waals surface area contributed by atoms with E-state index in [1.165, 1.54) is 10.5 Å². The molecule has 2 aromatic heterocycles. The van der Waals surface area contributed by atoms with Crippen molar-refractivity contribution >= 4 is 21.1 Å². The van der Waals surface area contributed by atoms with Crippen LogP contribution in [0.15, 0.2) is 21.7 Å². The van der Waals surface area contributed by atoms with Crippen LogP contribution < -0.4 is 5.73 Å². The van der Waals surface area contributed by atoms with Gasteiger partial charge in [-0.1, -0.05) is 19.0 Å². The minimum absolute atomic E-state index is 0.127. The van der Waals surface area contributed by atoms with Gasteiger partial charge in [-0.2, -0.15) is 4.31 Å². The van der Waals surface area contributed by atoms with Crippen LogP contribution >= 0.6 is 0 Å². The van der Waals surface area contributed by atoms with Crippen LogP contribution in [0.25, 0.3) is 11.1 Å². The summed E-state index contributed by atoms with van der Waals surface area (Å²) in [6.07, 6.45) is 1.97. The molecule has 1 aliphatic rings. The van der Waals surface area contributed by atoms with Crippen molar-refractivity contribution < 1.29 is 12.9 Å². The lowest BCUT2D eigenvalue weighted by Gasteiger charge is -2.15. The number of fused-ring (bicyclic) bond motifs is 1. The van der Waals surface area contributed by atoms with Gasteiger partial charge in [0.2, 0.25) is 10.0 Å². The van der Waals surface area contributed by atoms with Crippen molar-refractivity contribution in [3.63, 3.8) is 0 Å². The van der Waals surface area contributed by atoms with Gasteiger partial charge in [0.05, 0.1) is 17.3 Å². The van der Waals surface area contributed by atoms with E-state index in [2.05, 4.69) is 10.1 Å². The lowest BCUT2D eigenvalue weighted by molar-refractivity contribution is 0.439. The first-order valence-corrected chi connectivity index (χ1v) is 8.37. The summed E-state index contributed by atoms with van der Waals surface area (Å²) >= 11 is 0. The van der Waals surface area contributed by atoms with Crippen LogP contribution in [-0.4, -0.2) is 42.0 Å². The molecule has 3 rings (SSSR count). The summed E-state index contributed by atoms with van der Waals surface area (Å²) in [5, 5.41) is 4.54. The average molecular weight is 310 g/mol. The van der Waals surface area contributed by atoms with Crippen molar-refractivity contribution in [2.45, 2.75) is 31.2 Å². The fourth-order valence-corrected chi connectivity index (χ4v) is 4.10. The molecule has 2 atom stereocenters. The van der Waals surface area contributed by atoms with Crippen LogP contribution in [0.5, 0.6) is 0 Å². The van der Waals surface area contributed by atoms with Gasteiger partial charge in [-0.25, -0.2) is 13.4 Å². The van der Waals surface area contributed by atoms with Crippen LogP contribution in [0.2, 0.25) is 0 Å². The summed E-state index contributed by atoms with van der Waals surface area (Å²) in [7, 11) is -3.58. The van der Waals surface area contributed by atoms with Gasteiger partial charge in [0.25, 0.3) is 5.71 Å². The molecule has 2 aromatic rings. The van der Waals surface area contributed by atoms with E-state index in [0.717, 1.165) is 0 Å². The maximum Gasteiger partial charge on any atom is 0.258 e. The zero-order chi connectivity index (χ0) is 15.2. The quantitative estimate of drug-likeness (QED) is 0.897. The van der Waals surface area contributed by atoms with Gasteiger partial charge in [-0.05, 0) is 18.4 Å². The number of hydrogen-bond donors (Lipinski definition) is 1. The Hall–Kier alpha value is -1.51. The Labute approximate surface area is 123 Å². The monoisotopic (exact) mass is 310 g/mol. The highest BCUT2D eigenvalue weighted by Crippen LogP contribution is 2.26. The largest absolute Gasteiger partial charge is 0.336 e. The van der Waals surface area contributed by atoms with Crippen LogP contribution in [0.4, 0.5) is 0 Å². The smallest absolute Gasteiger partial charge is 0.258 e. The summed E-state index contributed by atoms with van der Waals surface area (Å²) in [4.78, 5) is 4.22. The molecule has 114 valence electrons. The summed E-state index contributed by atoms with van der Waals surface area (Å²) in [5.74, 6) is 0.151. The highest BCUT2D eigenvalue weighted by molar-refractivity contribution is 7.89. The molecule has 1 fully saturated rings. The van der Waals surface area contributed by atoms with Crippen LogP contribution in [-0.2, 0) is 16.4 Å². The number of hydrogen-bond acceptors (Lipinski definition) is 6. The lowest BCUT2D eigenvalue weighted by Crippen LogP contribution is -2.32. The fourth-order valence-electron chi connectivity index (χ4n) is 2.55. The molecule has 2 unspecified atom stereocenters. The maximum absolute atomic E-state index is 12.7. The Kier molecular flexibility index (Phi) is 3.46. The van der Waals surface area contributed by atoms with Gasteiger partial charge in [-0.3, -0.25) is 0 Å². The second kappa shape index (κ2) is 5.04. The number of rotatable bonds is 3. The molecule has 0 radical (unpaired) electrons. The number of sulfonamides is 1. The highest BCUT2D eigenvalue weighted by Gasteiger charge is 2.35. The standard InChI is InChI=1S/C13H18N4O3S/c1-3-12-10-4-9(5-15-13(10)20-16-12)21(18,19)17-6-8(2)11(14)7-17/h4-5,8,11H,3,6-7,14H2,1-2H3. The summed E-state index contributed by atoms with van der Waals surface area (Å²) in [6, 6.07) is 1.46. The van der Waals surface area contributed by atoms with Crippen molar-refractivity contribution in [2.75, 3.05) is 13.1 Å². The molecule has 0 spiro atoms. The molecule has 1 saturated heterocycles. The molecule has 1 aliphatic heterocycles. The van der Waals surface area contributed by atoms with E-state index < -0.39 is 10.0 Å². The number of aromatic nitrogens is 2. The third-order valence-corrected chi connectivity index (χ3v) is 5.79. The summed E-state index contributed by atoms with van der Waals surface area (Å²) in [6.45, 7) is 4.66. The predicted octanol–water partition coefficient (Wildman–Crippen LogP) is 0.753. The van der Waals surface area contributed by atoms with Crippen molar-refractivity contribution in [1.29, 1.82) is 0 Å². The molecule has 0 bridgehead atoms. The summed E-state index contributed by atoms with van der Waals surface area (Å²) in [5.41, 5.74) is 6.98. The van der Waals surface area contributed by atoms with Gasteiger partial charge in [0.1, 0.15) is 4.90 Å². The Morgan fingerprint density at radius 2 is 2.24 bits per heavy atom. The minimum Gasteiger partial charge on any atom is -0.336 e. The van der Waals surface area contributed by atoms with Gasteiger partial charge in [0.15, 0.2) is 0 Å². The van der Waals surface area contributed by atoms with Gasteiger partial charge < -0.3 is 10.3 Å². The Bertz CT molecular complexity index is 761. The second-order valence-corrected chi connectivity index (χ2v) is 7.41. The first kappa shape index (κ1) is 14.4. The van der Waals surface area contributed by atoms with Crippen molar-refractivity contribution in [3.05, 3.63) is 18.0 Å². The second-order valence-electron chi connectivity index (χ2n) is 5.47. The number of nitrogens with two attached hydrogens (primary N) is 1. The molecule has 0 amide bonds. The molecule has 0 aromatic carbocycles. The SMILES string of the molecule is CCc1noc2ncc(S(=O)(=O)N3CC(C)C(N)C3)cc12. The molecule has 7 nitrogen and oxygen atoms in total. The van der Waals surface area contributed by atoms with E-state index in [1.807, 2.05) is 13.8 Å². The normalized spacial score (nSPS) is 24.0. The topological polar surface area (TPSA) is 102 Å². The van der Waals surface area contributed by atoms with Crippen molar-refractivity contribution in [3.8, 4) is 0 Å². The lowest BCUT2D eigenvalue weighted by atomic mass is 10.1. The zero-order valence-electron chi connectivity index (χ0n) is 12.0. The molecule has 0 aliphatic carbocycles. The van der Waals surface area contributed by atoms with Gasteiger partial charge in [-0.15, -0.1) is 0 Å². The first-order valence-electron chi connectivity index (χ1n) is 6.93. The molecular weight excluding hydrogens is 292 g/mol. The number of nitrogens with zero attached hydrogens (tertiary/aromatic N) is 3. The highest BCUT2D eigenvalue weighted by atomic mass is 32.2. The van der Waals surface area contributed by atoms with E-state index in [9.17, 15) is 8.42 Å². The van der Waals surface area contributed by atoms with E-state index in [1.54, 1.807) is 6.07 Å². The molecular formula is C13H18N4O3S. The van der Waals surface area contributed by atoms with E-state index in [-0.39, 0.29) is 16.9 Å². The van der Waals surface area contributed by atoms with E-state index in [0.29, 0.717) is 36.3 Å². The van der Waals surface area contributed by atoms with Crippen molar-refractivity contribution in [2.24, 2.45) is 11.7 Å². The average Bonchev–Trinajstić information content (AvgIpc) is 3.02. The summed E-state index contributed by atoms with van der Waals surface area (Å²) < 4.78 is 31.8. The van der Waals surface area contributed by atoms with Gasteiger partial charge in [0, 0.05) is 19.1 Å².